The summed E-state index contributed by atoms with van der Waals surface area (Å²) in [6, 6.07) is 19.9. The maximum Gasteiger partial charge on any atom is 0.404 e. The second kappa shape index (κ2) is 17.0. The van der Waals surface area contributed by atoms with Gasteiger partial charge in [0, 0.05) is 54.9 Å². The lowest BCUT2D eigenvalue weighted by Crippen LogP contribution is -2.20. The summed E-state index contributed by atoms with van der Waals surface area (Å²) in [4.78, 5) is 28.2. The zero-order chi connectivity index (χ0) is 39.9. The number of carboxylic acid groups (broad SMARTS) is 1. The smallest absolute Gasteiger partial charge is 0.404 e. The summed E-state index contributed by atoms with van der Waals surface area (Å²) in [6.45, 7) is 0.0738. The third-order valence-corrected chi connectivity index (χ3v) is 8.48. The van der Waals surface area contributed by atoms with Crippen LogP contribution in [-0.4, -0.2) is 45.0 Å². The summed E-state index contributed by atoms with van der Waals surface area (Å²) in [5, 5.41) is 20.6. The molecule has 0 saturated heterocycles. The average Bonchev–Trinajstić information content (AvgIpc) is 3.83. The molecule has 0 atom stereocenters. The number of aliphatic hydroxyl groups is 1. The Hall–Kier alpha value is -7.33. The molecule has 3 N–H and O–H groups in total. The number of rotatable bonds is 11. The van der Waals surface area contributed by atoms with Crippen LogP contribution in [0.1, 0.15) is 22.5 Å². The van der Waals surface area contributed by atoms with E-state index in [-0.39, 0.29) is 38.0 Å². The van der Waals surface area contributed by atoms with E-state index in [4.69, 9.17) is 14.6 Å². The van der Waals surface area contributed by atoms with Crippen molar-refractivity contribution in [3.63, 3.8) is 0 Å². The molecule has 0 aliphatic heterocycles. The first-order valence-electron chi connectivity index (χ1n) is 17.2. The molecule has 0 radical (unpaired) electrons. The van der Waals surface area contributed by atoms with Gasteiger partial charge in [-0.1, -0.05) is 12.1 Å². The number of amides is 1. The second-order valence-corrected chi connectivity index (χ2v) is 12.5. The Morgan fingerprint density at radius 2 is 1.05 bits per heavy atom. The van der Waals surface area contributed by atoms with E-state index in [1.807, 2.05) is 6.20 Å². The van der Waals surface area contributed by atoms with Crippen molar-refractivity contribution in [2.75, 3.05) is 0 Å². The van der Waals surface area contributed by atoms with E-state index < -0.39 is 17.7 Å². The zero-order valence-corrected chi connectivity index (χ0v) is 29.7. The average molecular weight is 778 g/mol. The van der Waals surface area contributed by atoms with Crippen molar-refractivity contribution in [3.05, 3.63) is 168 Å². The maximum atomic E-state index is 13.6. The van der Waals surface area contributed by atoms with Crippen molar-refractivity contribution in [2.24, 2.45) is 0 Å². The van der Waals surface area contributed by atoms with Crippen molar-refractivity contribution in [1.29, 1.82) is 0 Å². The highest BCUT2D eigenvalue weighted by atomic mass is 19.1. The van der Waals surface area contributed by atoms with Crippen LogP contribution in [-0.2, 0) is 26.4 Å². The van der Waals surface area contributed by atoms with Gasteiger partial charge in [-0.3, -0.25) is 8.80 Å². The molecule has 4 heterocycles. The van der Waals surface area contributed by atoms with Gasteiger partial charge in [0.05, 0.1) is 18.0 Å². The van der Waals surface area contributed by atoms with Crippen LogP contribution in [0.5, 0.6) is 11.5 Å². The number of nitrogens with one attached hydrogen (secondary N) is 1. The van der Waals surface area contributed by atoms with Crippen LogP contribution in [0, 0.1) is 23.3 Å². The van der Waals surface area contributed by atoms with Gasteiger partial charge >= 0.3 is 6.09 Å². The molecule has 12 nitrogen and oxygen atoms in total. The van der Waals surface area contributed by atoms with E-state index in [0.717, 1.165) is 5.56 Å². The van der Waals surface area contributed by atoms with Crippen LogP contribution >= 0.6 is 0 Å². The van der Waals surface area contributed by atoms with Crippen molar-refractivity contribution in [3.8, 4) is 33.8 Å². The van der Waals surface area contributed by atoms with E-state index in [1.54, 1.807) is 64.1 Å². The second-order valence-electron chi connectivity index (χ2n) is 12.5. The summed E-state index contributed by atoms with van der Waals surface area (Å²) in [6.07, 6.45) is 9.12. The molecule has 0 aliphatic carbocycles. The number of imidazole rings is 2. The van der Waals surface area contributed by atoms with E-state index in [1.165, 1.54) is 60.7 Å². The van der Waals surface area contributed by atoms with E-state index >= 15 is 0 Å². The minimum absolute atomic E-state index is 0.0405. The highest BCUT2D eigenvalue weighted by Gasteiger charge is 2.13. The molecule has 4 aromatic carbocycles. The number of fused-ring (bicyclic) bond motifs is 2. The predicted molar refractivity (Wildman–Crippen MR) is 199 cm³/mol. The first kappa shape index (κ1) is 38.0. The van der Waals surface area contributed by atoms with Gasteiger partial charge in [0.2, 0.25) is 11.6 Å². The molecule has 8 aromatic rings. The number of benzene rings is 4. The summed E-state index contributed by atoms with van der Waals surface area (Å²) < 4.78 is 67.6. The van der Waals surface area contributed by atoms with Gasteiger partial charge in [0.15, 0.2) is 0 Å². The summed E-state index contributed by atoms with van der Waals surface area (Å²) in [5.41, 5.74) is 5.00. The Kier molecular flexibility index (Phi) is 11.3. The monoisotopic (exact) mass is 777 g/mol. The van der Waals surface area contributed by atoms with Crippen molar-refractivity contribution in [2.45, 2.75) is 26.4 Å². The first-order valence-corrected chi connectivity index (χ1v) is 17.2. The molecule has 0 unspecified atom stereocenters. The number of aromatic nitrogens is 6. The zero-order valence-electron chi connectivity index (χ0n) is 29.7. The highest BCUT2D eigenvalue weighted by Crippen LogP contribution is 2.26. The predicted octanol–water partition coefficient (Wildman–Crippen LogP) is 7.77. The summed E-state index contributed by atoms with van der Waals surface area (Å²) >= 11 is 0. The molecule has 0 saturated carbocycles. The standard InChI is InChI=1S/C21H16F2N4O3.C20H15F2N3O2/c22-15-1-4-18(5-2-15)30-12-17-11-27-10-14(9-24-20(27)26-17)19-6-3-16(23)7-13(19)8-25-21(28)29;21-15-1-4-18(5-2-15)27-12-17-10-25-9-14(8-23-20(25)24-17)19-6-3-16(22)7-13(19)11-26/h1-7,9-11,25H,8,12H2,(H,28,29);1-10,26H,11-12H2. The van der Waals surface area contributed by atoms with Crippen LogP contribution in [0.4, 0.5) is 22.4 Å². The van der Waals surface area contributed by atoms with Crippen LogP contribution in [0.2, 0.25) is 0 Å². The van der Waals surface area contributed by atoms with Crippen LogP contribution in [0.15, 0.2) is 122 Å². The lowest BCUT2D eigenvalue weighted by molar-refractivity contribution is 0.194. The lowest BCUT2D eigenvalue weighted by atomic mass is 10.0. The molecule has 1 amide bonds. The van der Waals surface area contributed by atoms with Gasteiger partial charge in [-0.05, 0) is 95.1 Å². The van der Waals surface area contributed by atoms with Crippen LogP contribution in [0.25, 0.3) is 33.8 Å². The Balaban J connectivity index is 0.000000175. The SMILES string of the molecule is O=C(O)NCc1cc(F)ccc1-c1cnc2nc(COc3ccc(F)cc3)cn2c1.OCc1cc(F)ccc1-c1cnc2nc(COc3ccc(F)cc3)cn2c1. The third-order valence-electron chi connectivity index (χ3n) is 8.48. The van der Waals surface area contributed by atoms with Crippen molar-refractivity contribution < 1.29 is 42.0 Å². The maximum absolute atomic E-state index is 13.6. The topological polar surface area (TPSA) is 148 Å². The van der Waals surface area contributed by atoms with Gasteiger partial charge < -0.3 is 25.0 Å². The van der Waals surface area contributed by atoms with Gasteiger partial charge in [0.1, 0.15) is 48.0 Å². The Labute approximate surface area is 321 Å². The lowest BCUT2D eigenvalue weighted by Gasteiger charge is -2.10. The molecule has 0 aliphatic rings. The first-order chi connectivity index (χ1) is 27.6. The molecule has 0 fully saturated rings. The Morgan fingerprint density at radius 1 is 0.614 bits per heavy atom. The molecule has 0 bridgehead atoms. The fourth-order valence-electron chi connectivity index (χ4n) is 5.80. The molecule has 16 heteroatoms. The van der Waals surface area contributed by atoms with Crippen molar-refractivity contribution in [1.82, 2.24) is 34.1 Å². The van der Waals surface area contributed by atoms with Gasteiger partial charge in [-0.25, -0.2) is 42.3 Å². The van der Waals surface area contributed by atoms with Crippen molar-refractivity contribution >= 4 is 17.6 Å². The number of halogens is 4. The minimum atomic E-state index is -1.20. The number of ether oxygens (including phenoxy) is 2. The van der Waals surface area contributed by atoms with Gasteiger partial charge in [0.25, 0.3) is 0 Å². The van der Waals surface area contributed by atoms with E-state index in [0.29, 0.717) is 62.3 Å². The molecule has 4 aromatic heterocycles. The van der Waals surface area contributed by atoms with E-state index in [2.05, 4.69) is 25.3 Å². The Morgan fingerprint density at radius 3 is 1.51 bits per heavy atom. The third kappa shape index (κ3) is 9.49. The number of hydrogen-bond donors (Lipinski definition) is 3. The fraction of sp³-hybridized carbons (Fsp3) is 0.0976. The number of carbonyl (C=O) groups is 1. The van der Waals surface area contributed by atoms with Crippen LogP contribution < -0.4 is 14.8 Å². The van der Waals surface area contributed by atoms with Gasteiger partial charge in [-0.15, -0.1) is 0 Å². The largest absolute Gasteiger partial charge is 0.487 e. The number of hydrogen-bond acceptors (Lipinski definition) is 8. The molecule has 0 spiro atoms. The van der Waals surface area contributed by atoms with Gasteiger partial charge in [-0.2, -0.15) is 0 Å². The molecular formula is C41H31F4N7O5. The Bertz CT molecular complexity index is 2670. The number of aliphatic hydroxyl groups excluding tert-OH is 1. The fourth-order valence-corrected chi connectivity index (χ4v) is 5.80. The highest BCUT2D eigenvalue weighted by molar-refractivity contribution is 5.69. The summed E-state index contributed by atoms with van der Waals surface area (Å²) in [7, 11) is 0. The molecule has 8 rings (SSSR count). The molecule has 288 valence electrons. The normalized spacial score (nSPS) is 11.0. The molecular weight excluding hydrogens is 746 g/mol. The quantitative estimate of drug-likeness (QED) is 0.112. The number of nitrogens with zero attached hydrogens (tertiary/aromatic N) is 6. The summed E-state index contributed by atoms with van der Waals surface area (Å²) in [5.74, 6) is 0.468. The minimum Gasteiger partial charge on any atom is -0.487 e. The van der Waals surface area contributed by atoms with Crippen LogP contribution in [0.3, 0.4) is 0 Å². The molecule has 57 heavy (non-hydrogen) atoms. The van der Waals surface area contributed by atoms with E-state index in [9.17, 15) is 27.5 Å².